The third kappa shape index (κ3) is 4.59. The zero-order valence-electron chi connectivity index (χ0n) is 19.1. The minimum Gasteiger partial charge on any atom is -0.497 e. The van der Waals surface area contributed by atoms with Crippen molar-refractivity contribution in [3.05, 3.63) is 84.2 Å². The fraction of sp³-hybridized carbons (Fsp3) is 0.259. The molecule has 1 aliphatic rings. The highest BCUT2D eigenvalue weighted by atomic mass is 19.1. The number of carbonyl (C=O) groups excluding carboxylic acids is 1. The Hall–Kier alpha value is -3.87. The van der Waals surface area contributed by atoms with Gasteiger partial charge in [-0.05, 0) is 66.9 Å². The van der Waals surface area contributed by atoms with Crippen molar-refractivity contribution < 1.29 is 13.9 Å². The maximum absolute atomic E-state index is 13.8. The van der Waals surface area contributed by atoms with Crippen molar-refractivity contribution in [3.63, 3.8) is 0 Å². The van der Waals surface area contributed by atoms with Gasteiger partial charge in [-0.3, -0.25) is 4.79 Å². The second kappa shape index (κ2) is 9.55. The Labute approximate surface area is 198 Å². The molecule has 0 spiro atoms. The van der Waals surface area contributed by atoms with Gasteiger partial charge in [0.15, 0.2) is 0 Å². The van der Waals surface area contributed by atoms with E-state index in [2.05, 4.69) is 14.8 Å². The number of imidazole rings is 1. The molecule has 34 heavy (non-hydrogen) atoms. The molecule has 5 rings (SSSR count). The van der Waals surface area contributed by atoms with Crippen LogP contribution in [0.1, 0.15) is 18.4 Å². The molecule has 174 valence electrons. The average Bonchev–Trinajstić information content (AvgIpc) is 3.23. The van der Waals surface area contributed by atoms with Crippen LogP contribution in [-0.4, -0.2) is 35.7 Å². The number of para-hydroxylation sites is 2. The summed E-state index contributed by atoms with van der Waals surface area (Å²) in [4.78, 5) is 20.0. The van der Waals surface area contributed by atoms with Crippen molar-refractivity contribution in [3.8, 4) is 5.75 Å². The summed E-state index contributed by atoms with van der Waals surface area (Å²) < 4.78 is 21.1. The molecule has 1 aromatic heterocycles. The number of rotatable bonds is 6. The number of nitrogens with one attached hydrogen (secondary N) is 1. The highest BCUT2D eigenvalue weighted by Gasteiger charge is 2.28. The SMILES string of the molecule is COc1ccc(NC(=O)C2CCN(c3nc4ccccc4n3Cc3cccc(F)c3)CC2)cc1. The molecule has 0 aliphatic carbocycles. The van der Waals surface area contributed by atoms with Crippen LogP contribution in [0.15, 0.2) is 72.8 Å². The Morgan fingerprint density at radius 3 is 2.56 bits per heavy atom. The number of ether oxygens (including phenoxy) is 1. The van der Waals surface area contributed by atoms with Crippen LogP contribution in [0.4, 0.5) is 16.0 Å². The van der Waals surface area contributed by atoms with Crippen LogP contribution in [0.5, 0.6) is 5.75 Å². The van der Waals surface area contributed by atoms with Gasteiger partial charge >= 0.3 is 0 Å². The molecule has 1 N–H and O–H groups in total. The van der Waals surface area contributed by atoms with Crippen molar-refractivity contribution >= 4 is 28.6 Å². The zero-order chi connectivity index (χ0) is 23.5. The fourth-order valence-corrected chi connectivity index (χ4v) is 4.54. The molecule has 1 fully saturated rings. The smallest absolute Gasteiger partial charge is 0.227 e. The van der Waals surface area contributed by atoms with Gasteiger partial charge in [-0.1, -0.05) is 24.3 Å². The van der Waals surface area contributed by atoms with E-state index in [1.165, 1.54) is 6.07 Å². The van der Waals surface area contributed by atoms with E-state index in [0.717, 1.165) is 59.9 Å². The van der Waals surface area contributed by atoms with E-state index < -0.39 is 0 Å². The van der Waals surface area contributed by atoms with Gasteiger partial charge < -0.3 is 19.5 Å². The van der Waals surface area contributed by atoms with Crippen LogP contribution < -0.4 is 15.0 Å². The number of aromatic nitrogens is 2. The van der Waals surface area contributed by atoms with Gasteiger partial charge in [-0.15, -0.1) is 0 Å². The summed E-state index contributed by atoms with van der Waals surface area (Å²) in [7, 11) is 1.62. The highest BCUT2D eigenvalue weighted by Crippen LogP contribution is 2.28. The van der Waals surface area contributed by atoms with Crippen molar-refractivity contribution in [1.82, 2.24) is 9.55 Å². The molecule has 0 saturated carbocycles. The summed E-state index contributed by atoms with van der Waals surface area (Å²) in [5, 5.41) is 3.02. The molecule has 0 radical (unpaired) electrons. The van der Waals surface area contributed by atoms with Crippen molar-refractivity contribution in [2.45, 2.75) is 19.4 Å². The minimum atomic E-state index is -0.243. The Morgan fingerprint density at radius 2 is 1.82 bits per heavy atom. The maximum atomic E-state index is 13.8. The Balaban J connectivity index is 1.31. The van der Waals surface area contributed by atoms with Crippen molar-refractivity contribution in [2.75, 3.05) is 30.4 Å². The normalized spacial score (nSPS) is 14.4. The van der Waals surface area contributed by atoms with Crippen LogP contribution in [0.3, 0.4) is 0 Å². The summed E-state index contributed by atoms with van der Waals surface area (Å²) in [6.07, 6.45) is 1.48. The Morgan fingerprint density at radius 1 is 1.06 bits per heavy atom. The number of anilines is 2. The topological polar surface area (TPSA) is 59.4 Å². The van der Waals surface area contributed by atoms with E-state index in [1.54, 1.807) is 19.2 Å². The number of piperidine rings is 1. The molecule has 0 bridgehead atoms. The molecule has 2 heterocycles. The molecule has 6 nitrogen and oxygen atoms in total. The number of amides is 1. The molecule has 0 unspecified atom stereocenters. The molecular weight excluding hydrogens is 431 g/mol. The van der Waals surface area contributed by atoms with E-state index in [1.807, 2.05) is 54.6 Å². The molecule has 7 heteroatoms. The summed E-state index contributed by atoms with van der Waals surface area (Å²) >= 11 is 0. The number of hydrogen-bond acceptors (Lipinski definition) is 4. The number of fused-ring (bicyclic) bond motifs is 1. The van der Waals surface area contributed by atoms with Crippen LogP contribution in [-0.2, 0) is 11.3 Å². The van der Waals surface area contributed by atoms with Gasteiger partial charge in [0.25, 0.3) is 0 Å². The number of nitrogens with zero attached hydrogens (tertiary/aromatic N) is 3. The van der Waals surface area contributed by atoms with E-state index in [-0.39, 0.29) is 17.6 Å². The van der Waals surface area contributed by atoms with Crippen LogP contribution in [0.2, 0.25) is 0 Å². The second-order valence-corrected chi connectivity index (χ2v) is 8.60. The molecule has 1 amide bonds. The number of hydrogen-bond donors (Lipinski definition) is 1. The lowest BCUT2D eigenvalue weighted by molar-refractivity contribution is -0.120. The summed E-state index contributed by atoms with van der Waals surface area (Å²) in [5.41, 5.74) is 3.58. The predicted molar refractivity (Wildman–Crippen MR) is 132 cm³/mol. The number of halogens is 1. The first kappa shape index (κ1) is 21.9. The summed E-state index contributed by atoms with van der Waals surface area (Å²) in [6.45, 7) is 1.99. The lowest BCUT2D eigenvalue weighted by Gasteiger charge is -2.32. The molecule has 0 atom stereocenters. The quantitative estimate of drug-likeness (QED) is 0.437. The maximum Gasteiger partial charge on any atom is 0.227 e. The molecule has 3 aromatic carbocycles. The first-order chi connectivity index (χ1) is 16.6. The van der Waals surface area contributed by atoms with Crippen molar-refractivity contribution in [1.29, 1.82) is 0 Å². The number of carbonyl (C=O) groups is 1. The molecular formula is C27H27FN4O2. The lowest BCUT2D eigenvalue weighted by Crippen LogP contribution is -2.39. The van der Waals surface area contributed by atoms with E-state index in [9.17, 15) is 9.18 Å². The summed E-state index contributed by atoms with van der Waals surface area (Å²) in [5.74, 6) is 1.36. The standard InChI is InChI=1S/C27H27FN4O2/c1-34-23-11-9-22(10-12-23)29-26(33)20-13-15-31(16-14-20)27-30-24-7-2-3-8-25(24)32(27)18-19-5-4-6-21(28)17-19/h2-12,17,20H,13-16,18H2,1H3,(H,29,33). The van der Waals surface area contributed by atoms with E-state index >= 15 is 0 Å². The first-order valence-corrected chi connectivity index (χ1v) is 11.5. The van der Waals surface area contributed by atoms with Gasteiger partial charge in [0, 0.05) is 24.7 Å². The van der Waals surface area contributed by atoms with Crippen LogP contribution in [0.25, 0.3) is 11.0 Å². The van der Waals surface area contributed by atoms with E-state index in [4.69, 9.17) is 9.72 Å². The zero-order valence-corrected chi connectivity index (χ0v) is 19.1. The van der Waals surface area contributed by atoms with Gasteiger partial charge in [0.2, 0.25) is 11.9 Å². The lowest BCUT2D eigenvalue weighted by atomic mass is 9.96. The minimum absolute atomic E-state index is 0.0399. The predicted octanol–water partition coefficient (Wildman–Crippen LogP) is 5.09. The van der Waals surface area contributed by atoms with Crippen LogP contribution in [0, 0.1) is 11.7 Å². The van der Waals surface area contributed by atoms with Gasteiger partial charge in [0.05, 0.1) is 24.7 Å². The Bertz CT molecular complexity index is 1290. The van der Waals surface area contributed by atoms with E-state index in [0.29, 0.717) is 6.54 Å². The summed E-state index contributed by atoms with van der Waals surface area (Å²) in [6, 6.07) is 22.0. The largest absolute Gasteiger partial charge is 0.497 e. The third-order valence-corrected chi connectivity index (χ3v) is 6.37. The Kier molecular flexibility index (Phi) is 6.16. The second-order valence-electron chi connectivity index (χ2n) is 8.60. The molecule has 1 aliphatic heterocycles. The average molecular weight is 459 g/mol. The molecule has 1 saturated heterocycles. The van der Waals surface area contributed by atoms with Crippen molar-refractivity contribution in [2.24, 2.45) is 5.92 Å². The van der Waals surface area contributed by atoms with Gasteiger partial charge in [-0.25, -0.2) is 9.37 Å². The monoisotopic (exact) mass is 458 g/mol. The highest BCUT2D eigenvalue weighted by molar-refractivity contribution is 5.92. The fourth-order valence-electron chi connectivity index (χ4n) is 4.54. The van der Waals surface area contributed by atoms with Crippen LogP contribution >= 0.6 is 0 Å². The molecule has 4 aromatic rings. The number of methoxy groups -OCH3 is 1. The number of benzene rings is 3. The third-order valence-electron chi connectivity index (χ3n) is 6.37. The first-order valence-electron chi connectivity index (χ1n) is 11.5. The van der Waals surface area contributed by atoms with Gasteiger partial charge in [-0.2, -0.15) is 0 Å². The van der Waals surface area contributed by atoms with Gasteiger partial charge in [0.1, 0.15) is 11.6 Å².